The van der Waals surface area contributed by atoms with E-state index < -0.39 is 17.9 Å². The van der Waals surface area contributed by atoms with Gasteiger partial charge in [0.1, 0.15) is 0 Å². The number of nitrogens with zero attached hydrogens (tertiary/aromatic N) is 6. The lowest BCUT2D eigenvalue weighted by atomic mass is 9.92. The minimum atomic E-state index is -2.79. The van der Waals surface area contributed by atoms with Crippen LogP contribution in [0.2, 0.25) is 0 Å². The molecule has 1 aliphatic rings. The van der Waals surface area contributed by atoms with Crippen molar-refractivity contribution in [3.63, 3.8) is 0 Å². The highest BCUT2D eigenvalue weighted by molar-refractivity contribution is 6.08. The first kappa shape index (κ1) is 30.1. The highest BCUT2D eigenvalue weighted by Crippen LogP contribution is 2.41. The van der Waals surface area contributed by atoms with E-state index in [-0.39, 0.29) is 12.3 Å². The van der Waals surface area contributed by atoms with Gasteiger partial charge in [-0.2, -0.15) is 10.2 Å². The van der Waals surface area contributed by atoms with Crippen LogP contribution in [-0.4, -0.2) is 48.1 Å². The number of carbonyl (C=O) groups excluding carboxylic acids is 1. The number of nitrogens with one attached hydrogen (secondary N) is 1. The standard InChI is InChI=1S/C34H36F2N8O/c1-19(2)30(21(4)38-28-15-24-17-43(5)42-32(24)39-20(28)3)31(37)25-7-6-8-27-26(25)18-44(41-27)14-13-22-9-11-23(12-10-22)33(45)40-29-16-34(29,35)36/h6-12,15,17-19,29H,13-14,16,37H2,1-5H3,(H,40,45)/b31-30-,38-21?. The summed E-state index contributed by atoms with van der Waals surface area (Å²) in [4.78, 5) is 21.9. The number of hydrogen-bond acceptors (Lipinski definition) is 6. The third-order valence-electron chi connectivity index (χ3n) is 8.18. The Hall–Kier alpha value is -4.93. The van der Waals surface area contributed by atoms with Crippen LogP contribution < -0.4 is 11.1 Å². The van der Waals surface area contributed by atoms with E-state index >= 15 is 0 Å². The Kier molecular flexibility index (Phi) is 7.72. The lowest BCUT2D eigenvalue weighted by Crippen LogP contribution is -2.29. The van der Waals surface area contributed by atoms with E-state index in [0.29, 0.717) is 29.9 Å². The quantitative estimate of drug-likeness (QED) is 0.195. The Balaban J connectivity index is 1.22. The summed E-state index contributed by atoms with van der Waals surface area (Å²) in [6.45, 7) is 8.74. The van der Waals surface area contributed by atoms with Crippen molar-refractivity contribution < 1.29 is 13.6 Å². The van der Waals surface area contributed by atoms with Crippen LogP contribution in [0.3, 0.4) is 0 Å². The number of benzene rings is 2. The van der Waals surface area contributed by atoms with Gasteiger partial charge in [0.25, 0.3) is 11.8 Å². The molecule has 1 atom stereocenters. The Labute approximate surface area is 259 Å². The smallest absolute Gasteiger partial charge is 0.270 e. The maximum absolute atomic E-state index is 13.1. The number of nitrogens with two attached hydrogens (primary N) is 1. The number of fused-ring (bicyclic) bond motifs is 2. The van der Waals surface area contributed by atoms with Gasteiger partial charge in [0.05, 0.1) is 22.9 Å². The molecular weight excluding hydrogens is 574 g/mol. The van der Waals surface area contributed by atoms with Crippen LogP contribution >= 0.6 is 0 Å². The van der Waals surface area contributed by atoms with Crippen molar-refractivity contribution >= 4 is 44.9 Å². The molecule has 2 aromatic carbocycles. The predicted octanol–water partition coefficient (Wildman–Crippen LogP) is 6.12. The zero-order valence-corrected chi connectivity index (χ0v) is 26.0. The molecule has 6 rings (SSSR count). The van der Waals surface area contributed by atoms with Gasteiger partial charge in [-0.3, -0.25) is 19.2 Å². The molecule has 3 N–H and O–H groups in total. The number of carbonyl (C=O) groups is 1. The average molecular weight is 611 g/mol. The van der Waals surface area contributed by atoms with Gasteiger partial charge in [-0.15, -0.1) is 0 Å². The molecule has 1 fully saturated rings. The van der Waals surface area contributed by atoms with Gasteiger partial charge in [0.2, 0.25) is 0 Å². The molecule has 3 heterocycles. The van der Waals surface area contributed by atoms with E-state index in [9.17, 15) is 13.6 Å². The first-order valence-corrected chi connectivity index (χ1v) is 15.0. The van der Waals surface area contributed by atoms with Crippen molar-refractivity contribution in [2.75, 3.05) is 0 Å². The van der Waals surface area contributed by atoms with Crippen molar-refractivity contribution in [3.05, 3.63) is 88.9 Å². The summed E-state index contributed by atoms with van der Waals surface area (Å²) in [6.07, 6.45) is 4.31. The summed E-state index contributed by atoms with van der Waals surface area (Å²) in [5.74, 6) is -3.17. The van der Waals surface area contributed by atoms with Crippen LogP contribution in [0.15, 0.2) is 71.5 Å². The number of aromatic nitrogens is 5. The SMILES string of the molecule is CC(=Nc1cc2cn(C)nc2nc1C)/C(=C(\N)c1cccc2nn(CCc3ccc(C(=O)NC4CC4(F)F)cc3)cc12)C(C)C. The molecule has 1 unspecified atom stereocenters. The molecule has 11 heteroatoms. The minimum absolute atomic E-state index is 0.111. The zero-order valence-electron chi connectivity index (χ0n) is 26.0. The highest BCUT2D eigenvalue weighted by atomic mass is 19.3. The summed E-state index contributed by atoms with van der Waals surface area (Å²) in [5, 5.41) is 13.4. The molecule has 1 amide bonds. The van der Waals surface area contributed by atoms with Gasteiger partial charge >= 0.3 is 0 Å². The Morgan fingerprint density at radius 3 is 2.58 bits per heavy atom. The molecule has 1 aliphatic carbocycles. The lowest BCUT2D eigenvalue weighted by Gasteiger charge is -2.17. The molecule has 9 nitrogen and oxygen atoms in total. The van der Waals surface area contributed by atoms with Gasteiger partial charge in [0, 0.05) is 65.7 Å². The Morgan fingerprint density at radius 1 is 1.16 bits per heavy atom. The maximum Gasteiger partial charge on any atom is 0.270 e. The second-order valence-electron chi connectivity index (χ2n) is 12.1. The van der Waals surface area contributed by atoms with Crippen LogP contribution in [0, 0.1) is 12.8 Å². The van der Waals surface area contributed by atoms with E-state index in [1.165, 1.54) is 0 Å². The van der Waals surface area contributed by atoms with Gasteiger partial charge in [-0.1, -0.05) is 38.1 Å². The van der Waals surface area contributed by atoms with E-state index in [4.69, 9.17) is 15.8 Å². The fourth-order valence-electron chi connectivity index (χ4n) is 5.69. The second kappa shape index (κ2) is 11.5. The highest BCUT2D eigenvalue weighted by Gasteiger charge is 2.57. The zero-order chi connectivity index (χ0) is 32.0. The molecule has 0 spiro atoms. The molecular formula is C34H36F2N8O. The minimum Gasteiger partial charge on any atom is -0.398 e. The number of alkyl halides is 2. The Morgan fingerprint density at radius 2 is 1.89 bits per heavy atom. The molecule has 0 bridgehead atoms. The summed E-state index contributed by atoms with van der Waals surface area (Å²) in [5.41, 5.74) is 14.7. The van der Waals surface area contributed by atoms with E-state index in [1.807, 2.05) is 74.4 Å². The van der Waals surface area contributed by atoms with Gasteiger partial charge in [-0.25, -0.2) is 13.8 Å². The van der Waals surface area contributed by atoms with Crippen LogP contribution in [0.5, 0.6) is 0 Å². The molecule has 0 radical (unpaired) electrons. The van der Waals surface area contributed by atoms with Crippen LogP contribution in [0.1, 0.15) is 54.4 Å². The van der Waals surface area contributed by atoms with E-state index in [1.54, 1.807) is 16.8 Å². The topological polar surface area (TPSA) is 116 Å². The summed E-state index contributed by atoms with van der Waals surface area (Å²) in [6, 6.07) is 13.9. The molecule has 0 aliphatic heterocycles. The predicted molar refractivity (Wildman–Crippen MR) is 173 cm³/mol. The lowest BCUT2D eigenvalue weighted by molar-refractivity contribution is 0.0849. The number of rotatable bonds is 9. The van der Waals surface area contributed by atoms with Gasteiger partial charge in [0.15, 0.2) is 5.65 Å². The number of hydrogen-bond donors (Lipinski definition) is 2. The monoisotopic (exact) mass is 610 g/mol. The average Bonchev–Trinajstić information content (AvgIpc) is 3.27. The molecule has 5 aromatic rings. The normalized spacial score (nSPS) is 16.8. The molecule has 3 aromatic heterocycles. The van der Waals surface area contributed by atoms with E-state index in [2.05, 4.69) is 29.2 Å². The number of halogens is 2. The molecule has 1 saturated carbocycles. The number of amides is 1. The van der Waals surface area contributed by atoms with Crippen LogP contribution in [0.25, 0.3) is 27.6 Å². The number of allylic oxidation sites excluding steroid dienone is 1. The van der Waals surface area contributed by atoms with Crippen molar-refractivity contribution in [1.82, 2.24) is 29.9 Å². The number of aliphatic imine (C=N–C) groups is 1. The number of aryl methyl sites for hydroxylation is 4. The third-order valence-corrected chi connectivity index (χ3v) is 8.18. The van der Waals surface area contributed by atoms with Crippen molar-refractivity contribution in [3.8, 4) is 0 Å². The largest absolute Gasteiger partial charge is 0.398 e. The number of pyridine rings is 1. The van der Waals surface area contributed by atoms with Crippen molar-refractivity contribution in [2.45, 2.75) is 59.0 Å². The second-order valence-corrected chi connectivity index (χ2v) is 12.1. The van der Waals surface area contributed by atoms with E-state index in [0.717, 1.165) is 50.1 Å². The third kappa shape index (κ3) is 6.20. The fraction of sp³-hybridized carbons (Fsp3) is 0.324. The molecule has 45 heavy (non-hydrogen) atoms. The fourth-order valence-corrected chi connectivity index (χ4v) is 5.69. The van der Waals surface area contributed by atoms with Crippen molar-refractivity contribution in [1.29, 1.82) is 0 Å². The summed E-state index contributed by atoms with van der Waals surface area (Å²) in [7, 11) is 1.87. The molecule has 0 saturated heterocycles. The first-order chi connectivity index (χ1) is 21.4. The maximum atomic E-state index is 13.1. The van der Waals surface area contributed by atoms with Crippen LogP contribution in [-0.2, 0) is 20.0 Å². The van der Waals surface area contributed by atoms with Gasteiger partial charge in [-0.05, 0) is 61.6 Å². The molecule has 232 valence electrons. The Bertz CT molecular complexity index is 1980. The summed E-state index contributed by atoms with van der Waals surface area (Å²) >= 11 is 0. The van der Waals surface area contributed by atoms with Crippen molar-refractivity contribution in [2.24, 2.45) is 23.7 Å². The summed E-state index contributed by atoms with van der Waals surface area (Å²) < 4.78 is 29.9. The first-order valence-electron chi connectivity index (χ1n) is 15.0. The van der Waals surface area contributed by atoms with Crippen LogP contribution in [0.4, 0.5) is 14.5 Å². The van der Waals surface area contributed by atoms with Gasteiger partial charge < -0.3 is 11.1 Å².